The summed E-state index contributed by atoms with van der Waals surface area (Å²) in [6.07, 6.45) is 2.88. The lowest BCUT2D eigenvalue weighted by molar-refractivity contribution is -0.130. The summed E-state index contributed by atoms with van der Waals surface area (Å²) in [6.45, 7) is 9.67. The third-order valence-corrected chi connectivity index (χ3v) is 2.91. The zero-order valence-electron chi connectivity index (χ0n) is 9.26. The molecule has 1 rings (SSSR count). The third-order valence-electron chi connectivity index (χ3n) is 2.91. The first kappa shape index (κ1) is 10.6. The molecule has 2 heteroatoms. The summed E-state index contributed by atoms with van der Waals surface area (Å²) in [5.74, 6) is 1.02. The number of carbonyl (C=O) groups excluding carboxylic acids is 1. The summed E-state index contributed by atoms with van der Waals surface area (Å²) in [4.78, 5) is 13.6. The molecule has 1 aliphatic heterocycles. The molecule has 0 spiro atoms. The highest BCUT2D eigenvalue weighted by Gasteiger charge is 2.36. The molecule has 0 atom stereocenters. The van der Waals surface area contributed by atoms with Gasteiger partial charge < -0.3 is 4.90 Å². The summed E-state index contributed by atoms with van der Waals surface area (Å²) in [5.41, 5.74) is 0.103. The van der Waals surface area contributed by atoms with E-state index in [-0.39, 0.29) is 5.54 Å². The minimum absolute atomic E-state index is 0.103. The molecule has 0 unspecified atom stereocenters. The molecular weight excluding hydrogens is 162 g/mol. The monoisotopic (exact) mass is 183 g/mol. The van der Waals surface area contributed by atoms with Crippen molar-refractivity contribution in [2.45, 2.75) is 52.5 Å². The van der Waals surface area contributed by atoms with E-state index in [0.29, 0.717) is 11.8 Å². The normalized spacial score (nSPS) is 21.6. The molecule has 0 bridgehead atoms. The molecule has 0 N–H and O–H groups in total. The molecule has 1 amide bonds. The van der Waals surface area contributed by atoms with Crippen LogP contribution in [0.5, 0.6) is 0 Å². The van der Waals surface area contributed by atoms with Gasteiger partial charge in [-0.2, -0.15) is 0 Å². The number of carbonyl (C=O) groups is 1. The van der Waals surface area contributed by atoms with Crippen LogP contribution in [0.1, 0.15) is 47.0 Å². The fourth-order valence-corrected chi connectivity index (χ4v) is 1.83. The molecule has 1 fully saturated rings. The minimum atomic E-state index is 0.103. The number of likely N-dealkylation sites (tertiary alicyclic amines) is 1. The van der Waals surface area contributed by atoms with Gasteiger partial charge in [-0.3, -0.25) is 4.79 Å². The van der Waals surface area contributed by atoms with Crippen molar-refractivity contribution in [1.82, 2.24) is 4.90 Å². The number of hydrogen-bond donors (Lipinski definition) is 0. The van der Waals surface area contributed by atoms with Crippen LogP contribution in [0.25, 0.3) is 0 Å². The SMILES string of the molecule is CC(C)CCN1C(=O)CCC1(C)C. The van der Waals surface area contributed by atoms with E-state index in [0.717, 1.165) is 25.8 Å². The molecule has 2 nitrogen and oxygen atoms in total. The van der Waals surface area contributed by atoms with Crippen LogP contribution in [-0.4, -0.2) is 22.9 Å². The highest BCUT2D eigenvalue weighted by Crippen LogP contribution is 2.29. The van der Waals surface area contributed by atoms with Crippen LogP contribution in [-0.2, 0) is 4.79 Å². The largest absolute Gasteiger partial charge is 0.338 e. The lowest BCUT2D eigenvalue weighted by atomic mass is 10.0. The first-order valence-electron chi connectivity index (χ1n) is 5.24. The predicted octanol–water partition coefficient (Wildman–Crippen LogP) is 2.43. The lowest BCUT2D eigenvalue weighted by Gasteiger charge is -2.32. The van der Waals surface area contributed by atoms with Gasteiger partial charge >= 0.3 is 0 Å². The van der Waals surface area contributed by atoms with Gasteiger partial charge in [0.05, 0.1) is 0 Å². The van der Waals surface area contributed by atoms with Gasteiger partial charge in [-0.15, -0.1) is 0 Å². The first-order chi connectivity index (χ1) is 5.93. The minimum Gasteiger partial charge on any atom is -0.338 e. The zero-order valence-corrected chi connectivity index (χ0v) is 9.26. The Morgan fingerprint density at radius 1 is 1.46 bits per heavy atom. The number of rotatable bonds is 3. The van der Waals surface area contributed by atoms with Crippen LogP contribution in [0, 0.1) is 5.92 Å². The molecule has 1 aliphatic rings. The Morgan fingerprint density at radius 3 is 2.46 bits per heavy atom. The average Bonchev–Trinajstić information content (AvgIpc) is 2.23. The topological polar surface area (TPSA) is 20.3 Å². The maximum absolute atomic E-state index is 11.5. The number of amides is 1. The van der Waals surface area contributed by atoms with Gasteiger partial charge in [0.15, 0.2) is 0 Å². The summed E-state index contributed by atoms with van der Waals surface area (Å²) in [6, 6.07) is 0. The Kier molecular flexibility index (Phi) is 2.99. The van der Waals surface area contributed by atoms with E-state index in [9.17, 15) is 4.79 Å². The van der Waals surface area contributed by atoms with Gasteiger partial charge in [0, 0.05) is 18.5 Å². The average molecular weight is 183 g/mol. The van der Waals surface area contributed by atoms with Crippen molar-refractivity contribution in [2.24, 2.45) is 5.92 Å². The van der Waals surface area contributed by atoms with Gasteiger partial charge in [0.2, 0.25) is 5.91 Å². The van der Waals surface area contributed by atoms with Crippen LogP contribution in [0.15, 0.2) is 0 Å². The molecule has 0 aromatic carbocycles. The molecular formula is C11H21NO. The van der Waals surface area contributed by atoms with Gasteiger partial charge in [-0.25, -0.2) is 0 Å². The Balaban J connectivity index is 2.51. The van der Waals surface area contributed by atoms with E-state index in [1.54, 1.807) is 0 Å². The van der Waals surface area contributed by atoms with Crippen molar-refractivity contribution in [3.05, 3.63) is 0 Å². The Bertz CT molecular complexity index is 196. The Morgan fingerprint density at radius 2 is 2.08 bits per heavy atom. The van der Waals surface area contributed by atoms with Crippen LogP contribution >= 0.6 is 0 Å². The fourth-order valence-electron chi connectivity index (χ4n) is 1.83. The van der Waals surface area contributed by atoms with E-state index < -0.39 is 0 Å². The van der Waals surface area contributed by atoms with Crippen molar-refractivity contribution in [3.8, 4) is 0 Å². The summed E-state index contributed by atoms with van der Waals surface area (Å²) >= 11 is 0. The summed E-state index contributed by atoms with van der Waals surface area (Å²) in [7, 11) is 0. The second-order valence-electron chi connectivity index (χ2n) is 5.04. The first-order valence-corrected chi connectivity index (χ1v) is 5.24. The van der Waals surface area contributed by atoms with E-state index in [4.69, 9.17) is 0 Å². The number of nitrogens with zero attached hydrogens (tertiary/aromatic N) is 1. The van der Waals surface area contributed by atoms with Gasteiger partial charge in [0.25, 0.3) is 0 Å². The fraction of sp³-hybridized carbons (Fsp3) is 0.909. The van der Waals surface area contributed by atoms with Crippen molar-refractivity contribution >= 4 is 5.91 Å². The van der Waals surface area contributed by atoms with Gasteiger partial charge in [-0.1, -0.05) is 13.8 Å². The summed E-state index contributed by atoms with van der Waals surface area (Å²) < 4.78 is 0. The van der Waals surface area contributed by atoms with E-state index in [1.165, 1.54) is 0 Å². The lowest BCUT2D eigenvalue weighted by Crippen LogP contribution is -2.41. The molecule has 1 saturated heterocycles. The standard InChI is InChI=1S/C11H21NO/c1-9(2)6-8-12-10(13)5-7-11(12,3)4/h9H,5-8H2,1-4H3. The van der Waals surface area contributed by atoms with Gasteiger partial charge in [-0.05, 0) is 32.6 Å². The molecule has 0 saturated carbocycles. The molecule has 0 aromatic rings. The summed E-state index contributed by atoms with van der Waals surface area (Å²) in [5, 5.41) is 0. The van der Waals surface area contributed by atoms with E-state index in [2.05, 4.69) is 27.7 Å². The maximum atomic E-state index is 11.5. The molecule has 13 heavy (non-hydrogen) atoms. The third kappa shape index (κ3) is 2.45. The van der Waals surface area contributed by atoms with Crippen molar-refractivity contribution in [1.29, 1.82) is 0 Å². The second-order valence-corrected chi connectivity index (χ2v) is 5.04. The van der Waals surface area contributed by atoms with E-state index >= 15 is 0 Å². The quantitative estimate of drug-likeness (QED) is 0.658. The molecule has 0 radical (unpaired) electrons. The highest BCUT2D eigenvalue weighted by molar-refractivity contribution is 5.79. The molecule has 76 valence electrons. The zero-order chi connectivity index (χ0) is 10.1. The van der Waals surface area contributed by atoms with E-state index in [1.807, 2.05) is 4.90 Å². The molecule has 0 aliphatic carbocycles. The van der Waals surface area contributed by atoms with Crippen LogP contribution in [0.3, 0.4) is 0 Å². The number of hydrogen-bond acceptors (Lipinski definition) is 1. The van der Waals surface area contributed by atoms with Crippen LogP contribution in [0.4, 0.5) is 0 Å². The maximum Gasteiger partial charge on any atom is 0.223 e. The smallest absolute Gasteiger partial charge is 0.223 e. The molecule has 0 aromatic heterocycles. The Labute approximate surface area is 81.3 Å². The van der Waals surface area contributed by atoms with Crippen molar-refractivity contribution in [3.63, 3.8) is 0 Å². The predicted molar refractivity (Wildman–Crippen MR) is 54.5 cm³/mol. The highest BCUT2D eigenvalue weighted by atomic mass is 16.2. The second kappa shape index (κ2) is 3.69. The van der Waals surface area contributed by atoms with Gasteiger partial charge in [0.1, 0.15) is 0 Å². The van der Waals surface area contributed by atoms with Crippen molar-refractivity contribution in [2.75, 3.05) is 6.54 Å². The van der Waals surface area contributed by atoms with Crippen molar-refractivity contribution < 1.29 is 4.79 Å². The van der Waals surface area contributed by atoms with Crippen LogP contribution < -0.4 is 0 Å². The Hall–Kier alpha value is -0.530. The van der Waals surface area contributed by atoms with Crippen LogP contribution in [0.2, 0.25) is 0 Å². The molecule has 1 heterocycles.